The van der Waals surface area contributed by atoms with Crippen LogP contribution in [0.3, 0.4) is 0 Å². The van der Waals surface area contributed by atoms with Crippen molar-refractivity contribution in [2.75, 3.05) is 40.3 Å². The Morgan fingerprint density at radius 3 is 2.42 bits per heavy atom. The Kier molecular flexibility index (Phi) is 4.70. The van der Waals surface area contributed by atoms with Gasteiger partial charge in [-0.05, 0) is 43.3 Å². The Bertz CT molecular complexity index is 876. The van der Waals surface area contributed by atoms with Crippen molar-refractivity contribution < 1.29 is 4.74 Å². The van der Waals surface area contributed by atoms with Crippen LogP contribution in [0.1, 0.15) is 22.7 Å². The van der Waals surface area contributed by atoms with Gasteiger partial charge >= 0.3 is 0 Å². The van der Waals surface area contributed by atoms with E-state index < -0.39 is 0 Å². The van der Waals surface area contributed by atoms with Gasteiger partial charge in [-0.25, -0.2) is 0 Å². The van der Waals surface area contributed by atoms with E-state index in [1.165, 1.54) is 22.1 Å². The van der Waals surface area contributed by atoms with E-state index >= 15 is 0 Å². The largest absolute Gasteiger partial charge is 0.497 e. The van der Waals surface area contributed by atoms with E-state index in [0.717, 1.165) is 37.4 Å². The topological polar surface area (TPSA) is 31.5 Å². The monoisotopic (exact) mass is 349 g/mol. The maximum Gasteiger partial charge on any atom is 0.119 e. The van der Waals surface area contributed by atoms with Crippen molar-refractivity contribution in [1.29, 1.82) is 0 Å². The average Bonchev–Trinajstić information content (AvgIpc) is 3.08. The minimum atomic E-state index is 0.255. The molecule has 3 aromatic rings. The molecule has 1 aliphatic rings. The number of hydrogen-bond acceptors (Lipinski definition) is 3. The summed E-state index contributed by atoms with van der Waals surface area (Å²) in [6.45, 7) is 6.50. The van der Waals surface area contributed by atoms with Crippen LogP contribution < -0.4 is 4.74 Å². The number of fused-ring (bicyclic) bond motifs is 1. The first-order valence-electron chi connectivity index (χ1n) is 9.30. The molecule has 4 heteroatoms. The molecule has 1 unspecified atom stereocenters. The zero-order valence-corrected chi connectivity index (χ0v) is 15.8. The molecule has 1 aliphatic heterocycles. The number of benzene rings is 2. The Balaban J connectivity index is 1.81. The highest BCUT2D eigenvalue weighted by Gasteiger charge is 2.27. The van der Waals surface area contributed by atoms with Crippen molar-refractivity contribution >= 4 is 10.9 Å². The highest BCUT2D eigenvalue weighted by Crippen LogP contribution is 2.35. The van der Waals surface area contributed by atoms with Gasteiger partial charge in [-0.15, -0.1) is 0 Å². The molecular formula is C22H27N3O. The quantitative estimate of drug-likeness (QED) is 0.777. The number of nitrogens with one attached hydrogen (secondary N) is 1. The van der Waals surface area contributed by atoms with Crippen molar-refractivity contribution in [2.45, 2.75) is 13.0 Å². The lowest BCUT2D eigenvalue weighted by Crippen LogP contribution is -2.46. The molecule has 4 nitrogen and oxygen atoms in total. The minimum absolute atomic E-state index is 0.255. The summed E-state index contributed by atoms with van der Waals surface area (Å²) >= 11 is 0. The lowest BCUT2D eigenvalue weighted by atomic mass is 9.95. The van der Waals surface area contributed by atoms with E-state index in [4.69, 9.17) is 4.74 Å². The number of methoxy groups -OCH3 is 1. The zero-order valence-electron chi connectivity index (χ0n) is 15.8. The molecule has 2 heterocycles. The number of piperazine rings is 1. The maximum atomic E-state index is 5.47. The number of likely N-dealkylation sites (N-methyl/N-ethyl adjacent to an activating group) is 1. The third-order valence-electron chi connectivity index (χ3n) is 5.51. The van der Waals surface area contributed by atoms with E-state index in [2.05, 4.69) is 71.4 Å². The van der Waals surface area contributed by atoms with Crippen LogP contribution in [0.15, 0.2) is 48.7 Å². The van der Waals surface area contributed by atoms with Gasteiger partial charge in [0.15, 0.2) is 0 Å². The molecule has 1 atom stereocenters. The SMILES string of the molecule is COc1ccc2[nH]cc(C(c3ccc(C)cc3)N3CCN(C)CC3)c2c1. The molecule has 0 bridgehead atoms. The Morgan fingerprint density at radius 2 is 1.73 bits per heavy atom. The smallest absolute Gasteiger partial charge is 0.119 e. The molecule has 1 N–H and O–H groups in total. The van der Waals surface area contributed by atoms with E-state index in [9.17, 15) is 0 Å². The minimum Gasteiger partial charge on any atom is -0.497 e. The average molecular weight is 349 g/mol. The van der Waals surface area contributed by atoms with Crippen LogP contribution >= 0.6 is 0 Å². The second-order valence-corrected chi connectivity index (χ2v) is 7.31. The summed E-state index contributed by atoms with van der Waals surface area (Å²) in [7, 11) is 3.93. The van der Waals surface area contributed by atoms with Gasteiger partial charge in [0.25, 0.3) is 0 Å². The van der Waals surface area contributed by atoms with Crippen molar-refractivity contribution in [1.82, 2.24) is 14.8 Å². The van der Waals surface area contributed by atoms with Gasteiger partial charge in [-0.1, -0.05) is 29.8 Å². The highest BCUT2D eigenvalue weighted by molar-refractivity contribution is 5.85. The molecule has 2 aromatic carbocycles. The van der Waals surface area contributed by atoms with Gasteiger partial charge in [0.05, 0.1) is 13.2 Å². The van der Waals surface area contributed by atoms with Crippen molar-refractivity contribution in [2.24, 2.45) is 0 Å². The first kappa shape index (κ1) is 17.1. The molecule has 4 rings (SSSR count). The van der Waals surface area contributed by atoms with E-state index in [1.54, 1.807) is 7.11 Å². The summed E-state index contributed by atoms with van der Waals surface area (Å²) in [5.74, 6) is 0.902. The Labute approximate surface area is 155 Å². The number of aryl methyl sites for hydroxylation is 1. The van der Waals surface area contributed by atoms with Crippen LogP contribution in [0.5, 0.6) is 5.75 Å². The summed E-state index contributed by atoms with van der Waals surface area (Å²) in [4.78, 5) is 8.46. The van der Waals surface area contributed by atoms with Gasteiger partial charge in [-0.3, -0.25) is 4.90 Å². The van der Waals surface area contributed by atoms with Gasteiger partial charge in [0, 0.05) is 43.3 Å². The number of nitrogens with zero attached hydrogens (tertiary/aromatic N) is 2. The number of ether oxygens (including phenoxy) is 1. The molecule has 0 spiro atoms. The standard InChI is InChI=1S/C22H27N3O/c1-16-4-6-17(7-5-16)22(25-12-10-24(2)11-13-25)20-15-23-21-9-8-18(26-3)14-19(20)21/h4-9,14-15,22-23H,10-13H2,1-3H3. The third-order valence-corrected chi connectivity index (χ3v) is 5.51. The maximum absolute atomic E-state index is 5.47. The molecule has 136 valence electrons. The van der Waals surface area contributed by atoms with Gasteiger partial charge in [0.2, 0.25) is 0 Å². The van der Waals surface area contributed by atoms with E-state index in [-0.39, 0.29) is 6.04 Å². The molecule has 26 heavy (non-hydrogen) atoms. The molecule has 1 fully saturated rings. The van der Waals surface area contributed by atoms with E-state index in [1.807, 2.05) is 6.07 Å². The Morgan fingerprint density at radius 1 is 1.00 bits per heavy atom. The van der Waals surface area contributed by atoms with Crippen LogP contribution in [-0.2, 0) is 0 Å². The fourth-order valence-corrected chi connectivity index (χ4v) is 3.89. The number of aromatic amines is 1. The fourth-order valence-electron chi connectivity index (χ4n) is 3.89. The number of hydrogen-bond donors (Lipinski definition) is 1. The number of aromatic nitrogens is 1. The summed E-state index contributed by atoms with van der Waals surface area (Å²) in [6.07, 6.45) is 2.17. The number of H-pyrrole nitrogens is 1. The van der Waals surface area contributed by atoms with Crippen molar-refractivity contribution in [3.8, 4) is 5.75 Å². The molecule has 0 radical (unpaired) electrons. The van der Waals surface area contributed by atoms with Crippen LogP contribution in [0.4, 0.5) is 0 Å². The summed E-state index contributed by atoms with van der Waals surface area (Å²) in [6, 6.07) is 15.5. The lowest BCUT2D eigenvalue weighted by Gasteiger charge is -2.38. The zero-order chi connectivity index (χ0) is 18.1. The fraction of sp³-hybridized carbons (Fsp3) is 0.364. The van der Waals surface area contributed by atoms with Gasteiger partial charge in [-0.2, -0.15) is 0 Å². The van der Waals surface area contributed by atoms with Crippen LogP contribution in [-0.4, -0.2) is 55.1 Å². The summed E-state index contributed by atoms with van der Waals surface area (Å²) in [5.41, 5.74) is 5.13. The van der Waals surface area contributed by atoms with Crippen LogP contribution in [0.25, 0.3) is 10.9 Å². The lowest BCUT2D eigenvalue weighted by molar-refractivity contribution is 0.128. The Hall–Kier alpha value is -2.30. The van der Waals surface area contributed by atoms with Gasteiger partial charge in [0.1, 0.15) is 5.75 Å². The van der Waals surface area contributed by atoms with E-state index in [0.29, 0.717) is 0 Å². The molecule has 0 amide bonds. The second-order valence-electron chi connectivity index (χ2n) is 7.31. The predicted molar refractivity (Wildman–Crippen MR) is 107 cm³/mol. The molecular weight excluding hydrogens is 322 g/mol. The molecule has 0 aliphatic carbocycles. The summed E-state index contributed by atoms with van der Waals surface area (Å²) in [5, 5.41) is 1.24. The first-order chi connectivity index (χ1) is 12.7. The van der Waals surface area contributed by atoms with Crippen molar-refractivity contribution in [3.63, 3.8) is 0 Å². The first-order valence-corrected chi connectivity index (χ1v) is 9.30. The highest BCUT2D eigenvalue weighted by atomic mass is 16.5. The molecule has 0 saturated carbocycles. The second kappa shape index (κ2) is 7.14. The predicted octanol–water partition coefficient (Wildman–Crippen LogP) is 3.82. The molecule has 1 saturated heterocycles. The van der Waals surface area contributed by atoms with Crippen molar-refractivity contribution in [3.05, 3.63) is 65.4 Å². The van der Waals surface area contributed by atoms with Crippen LogP contribution in [0.2, 0.25) is 0 Å². The molecule has 1 aromatic heterocycles. The van der Waals surface area contributed by atoms with Gasteiger partial charge < -0.3 is 14.6 Å². The number of rotatable bonds is 4. The third kappa shape index (κ3) is 3.22. The normalized spacial score (nSPS) is 17.5. The summed E-state index contributed by atoms with van der Waals surface area (Å²) < 4.78 is 5.47. The van der Waals surface area contributed by atoms with Crippen LogP contribution in [0, 0.1) is 6.92 Å².